The zero-order valence-electron chi connectivity index (χ0n) is 10.7. The number of nitrogens with zero attached hydrogens (tertiary/aromatic N) is 1. The van der Waals surface area contributed by atoms with Crippen LogP contribution in [0.15, 0.2) is 24.4 Å². The fraction of sp³-hybridized carbons (Fsp3) is 0.538. The van der Waals surface area contributed by atoms with Crippen LogP contribution >= 0.6 is 0 Å². The summed E-state index contributed by atoms with van der Waals surface area (Å²) in [6, 6.07) is 5.58. The lowest BCUT2D eigenvalue weighted by molar-refractivity contribution is -0.126. The summed E-state index contributed by atoms with van der Waals surface area (Å²) in [5.41, 5.74) is 6.47. The van der Waals surface area contributed by atoms with Gasteiger partial charge in [-0.2, -0.15) is 0 Å². The van der Waals surface area contributed by atoms with E-state index >= 15 is 0 Å². The molecule has 2 atom stereocenters. The van der Waals surface area contributed by atoms with Crippen LogP contribution in [0.2, 0.25) is 0 Å². The molecule has 0 aliphatic heterocycles. The standard InChI is InChI=1S/C13H21N3O/c1-9(2)11(8-14)13(17)16-10(3)12-6-4-5-7-15-12/h4-7,9-11H,8,14H2,1-3H3,(H,16,17)/t10-,11?/m1/s1. The molecule has 3 N–H and O–H groups in total. The van der Waals surface area contributed by atoms with E-state index in [1.165, 1.54) is 0 Å². The first-order chi connectivity index (χ1) is 8.06. The molecule has 1 rings (SSSR count). The molecule has 0 aromatic carbocycles. The van der Waals surface area contributed by atoms with Crippen LogP contribution in [0.3, 0.4) is 0 Å². The first-order valence-electron chi connectivity index (χ1n) is 5.97. The number of hydrogen-bond acceptors (Lipinski definition) is 3. The average molecular weight is 235 g/mol. The van der Waals surface area contributed by atoms with E-state index in [1.807, 2.05) is 39.0 Å². The summed E-state index contributed by atoms with van der Waals surface area (Å²) < 4.78 is 0. The van der Waals surface area contributed by atoms with Crippen LogP contribution < -0.4 is 11.1 Å². The van der Waals surface area contributed by atoms with Crippen molar-refractivity contribution >= 4 is 5.91 Å². The molecule has 0 fully saturated rings. The van der Waals surface area contributed by atoms with Crippen molar-refractivity contribution in [3.05, 3.63) is 30.1 Å². The van der Waals surface area contributed by atoms with Gasteiger partial charge in [-0.25, -0.2) is 0 Å². The molecular formula is C13H21N3O. The van der Waals surface area contributed by atoms with Gasteiger partial charge in [0.1, 0.15) is 0 Å². The minimum Gasteiger partial charge on any atom is -0.348 e. The lowest BCUT2D eigenvalue weighted by Gasteiger charge is -2.21. The topological polar surface area (TPSA) is 68.0 Å². The summed E-state index contributed by atoms with van der Waals surface area (Å²) in [5, 5.41) is 2.95. The Kier molecular flexibility index (Phi) is 5.10. The summed E-state index contributed by atoms with van der Waals surface area (Å²) >= 11 is 0. The highest BCUT2D eigenvalue weighted by molar-refractivity contribution is 5.79. The SMILES string of the molecule is CC(C)C(CN)C(=O)N[C@H](C)c1ccccn1. The Morgan fingerprint density at radius 2 is 2.12 bits per heavy atom. The molecule has 94 valence electrons. The predicted octanol–water partition coefficient (Wildman–Crippen LogP) is 1.49. The van der Waals surface area contributed by atoms with Crippen LogP contribution in [0, 0.1) is 11.8 Å². The number of hydrogen-bond donors (Lipinski definition) is 2. The number of amides is 1. The molecule has 1 aromatic heterocycles. The van der Waals surface area contributed by atoms with E-state index < -0.39 is 0 Å². The number of nitrogens with two attached hydrogens (primary N) is 1. The summed E-state index contributed by atoms with van der Waals surface area (Å²) in [7, 11) is 0. The minimum atomic E-state index is -0.138. The Hall–Kier alpha value is -1.42. The second kappa shape index (κ2) is 6.35. The normalized spacial score (nSPS) is 14.4. The van der Waals surface area contributed by atoms with Gasteiger partial charge >= 0.3 is 0 Å². The molecular weight excluding hydrogens is 214 g/mol. The molecule has 0 aliphatic rings. The van der Waals surface area contributed by atoms with Gasteiger partial charge in [0.15, 0.2) is 0 Å². The van der Waals surface area contributed by atoms with Crippen molar-refractivity contribution in [3.63, 3.8) is 0 Å². The number of rotatable bonds is 5. The van der Waals surface area contributed by atoms with Crippen LogP contribution in [-0.2, 0) is 4.79 Å². The lowest BCUT2D eigenvalue weighted by atomic mass is 9.95. The molecule has 1 unspecified atom stereocenters. The van der Waals surface area contributed by atoms with E-state index in [0.717, 1.165) is 5.69 Å². The maximum atomic E-state index is 12.0. The van der Waals surface area contributed by atoms with E-state index in [1.54, 1.807) is 6.20 Å². The summed E-state index contributed by atoms with van der Waals surface area (Å²) in [4.78, 5) is 16.2. The van der Waals surface area contributed by atoms with Crippen molar-refractivity contribution in [2.45, 2.75) is 26.8 Å². The molecule has 4 heteroatoms. The molecule has 0 saturated carbocycles. The molecule has 0 spiro atoms. The summed E-state index contributed by atoms with van der Waals surface area (Å²) in [6.45, 7) is 6.30. The Bertz CT molecular complexity index is 351. The van der Waals surface area contributed by atoms with Gasteiger partial charge in [0, 0.05) is 12.7 Å². The predicted molar refractivity (Wildman–Crippen MR) is 68.2 cm³/mol. The van der Waals surface area contributed by atoms with E-state index in [9.17, 15) is 4.79 Å². The monoisotopic (exact) mass is 235 g/mol. The third-order valence-electron chi connectivity index (χ3n) is 2.89. The first kappa shape index (κ1) is 13.6. The van der Waals surface area contributed by atoms with Gasteiger partial charge in [-0.3, -0.25) is 9.78 Å². The zero-order chi connectivity index (χ0) is 12.8. The van der Waals surface area contributed by atoms with Gasteiger partial charge in [0.05, 0.1) is 17.7 Å². The van der Waals surface area contributed by atoms with Crippen LogP contribution in [-0.4, -0.2) is 17.4 Å². The third kappa shape index (κ3) is 3.82. The summed E-state index contributed by atoms with van der Waals surface area (Å²) in [6.07, 6.45) is 1.72. The van der Waals surface area contributed by atoms with Crippen molar-refractivity contribution in [2.24, 2.45) is 17.6 Å². The molecule has 4 nitrogen and oxygen atoms in total. The van der Waals surface area contributed by atoms with E-state index in [0.29, 0.717) is 6.54 Å². The van der Waals surface area contributed by atoms with Crippen molar-refractivity contribution in [2.75, 3.05) is 6.54 Å². The van der Waals surface area contributed by atoms with Gasteiger partial charge < -0.3 is 11.1 Å². The Morgan fingerprint density at radius 3 is 2.59 bits per heavy atom. The zero-order valence-corrected chi connectivity index (χ0v) is 10.7. The van der Waals surface area contributed by atoms with Crippen molar-refractivity contribution in [1.82, 2.24) is 10.3 Å². The number of nitrogens with one attached hydrogen (secondary N) is 1. The molecule has 17 heavy (non-hydrogen) atoms. The Balaban J connectivity index is 2.63. The van der Waals surface area contributed by atoms with Crippen molar-refractivity contribution in [3.8, 4) is 0 Å². The van der Waals surface area contributed by atoms with E-state index in [2.05, 4.69) is 10.3 Å². The smallest absolute Gasteiger partial charge is 0.225 e. The quantitative estimate of drug-likeness (QED) is 0.812. The molecule has 0 bridgehead atoms. The summed E-state index contributed by atoms with van der Waals surface area (Å²) in [5.74, 6) is 0.109. The fourth-order valence-corrected chi connectivity index (χ4v) is 1.71. The highest BCUT2D eigenvalue weighted by Gasteiger charge is 2.22. The van der Waals surface area contributed by atoms with Gasteiger partial charge in [-0.1, -0.05) is 19.9 Å². The van der Waals surface area contributed by atoms with E-state index in [4.69, 9.17) is 5.73 Å². The maximum absolute atomic E-state index is 12.0. The number of aromatic nitrogens is 1. The molecule has 1 aromatic rings. The lowest BCUT2D eigenvalue weighted by Crippen LogP contribution is -2.39. The Morgan fingerprint density at radius 1 is 1.41 bits per heavy atom. The number of pyridine rings is 1. The largest absolute Gasteiger partial charge is 0.348 e. The molecule has 0 aliphatic carbocycles. The number of carbonyl (C=O) groups excluding carboxylic acids is 1. The Labute approximate surface area is 103 Å². The molecule has 0 saturated heterocycles. The highest BCUT2D eigenvalue weighted by Crippen LogP contribution is 2.13. The maximum Gasteiger partial charge on any atom is 0.225 e. The molecule has 1 heterocycles. The first-order valence-corrected chi connectivity index (χ1v) is 5.97. The molecule has 1 amide bonds. The second-order valence-electron chi connectivity index (χ2n) is 4.57. The van der Waals surface area contributed by atoms with Crippen LogP contribution in [0.25, 0.3) is 0 Å². The average Bonchev–Trinajstić information content (AvgIpc) is 2.30. The molecule has 0 radical (unpaired) electrons. The van der Waals surface area contributed by atoms with Crippen LogP contribution in [0.1, 0.15) is 32.5 Å². The number of carbonyl (C=O) groups is 1. The van der Waals surface area contributed by atoms with Gasteiger partial charge in [-0.05, 0) is 25.0 Å². The van der Waals surface area contributed by atoms with Gasteiger partial charge in [0.2, 0.25) is 5.91 Å². The van der Waals surface area contributed by atoms with Crippen molar-refractivity contribution in [1.29, 1.82) is 0 Å². The van der Waals surface area contributed by atoms with Gasteiger partial charge in [0.25, 0.3) is 0 Å². The third-order valence-corrected chi connectivity index (χ3v) is 2.89. The van der Waals surface area contributed by atoms with Crippen LogP contribution in [0.4, 0.5) is 0 Å². The minimum absolute atomic E-state index is 0.000605. The van der Waals surface area contributed by atoms with Crippen LogP contribution in [0.5, 0.6) is 0 Å². The fourth-order valence-electron chi connectivity index (χ4n) is 1.71. The van der Waals surface area contributed by atoms with Crippen molar-refractivity contribution < 1.29 is 4.79 Å². The van der Waals surface area contributed by atoms with E-state index in [-0.39, 0.29) is 23.8 Å². The highest BCUT2D eigenvalue weighted by atomic mass is 16.2. The second-order valence-corrected chi connectivity index (χ2v) is 4.57. The van der Waals surface area contributed by atoms with Gasteiger partial charge in [-0.15, -0.1) is 0 Å².